The predicted molar refractivity (Wildman–Crippen MR) is 79.2 cm³/mol. The second-order valence-electron chi connectivity index (χ2n) is 4.50. The van der Waals surface area contributed by atoms with E-state index in [1.54, 1.807) is 30.0 Å². The molecular formula is C13H17ClN2OS. The SMILES string of the molecule is Nc1ccc(Cl)cc1NC(=O)CSC1CCCC1. The summed E-state index contributed by atoms with van der Waals surface area (Å²) in [7, 11) is 0. The van der Waals surface area contributed by atoms with Crippen LogP contribution in [-0.2, 0) is 4.79 Å². The van der Waals surface area contributed by atoms with Gasteiger partial charge in [0.2, 0.25) is 5.91 Å². The Balaban J connectivity index is 1.84. The van der Waals surface area contributed by atoms with Gasteiger partial charge in [0.1, 0.15) is 0 Å². The molecule has 1 saturated carbocycles. The first-order valence-corrected chi connectivity index (χ1v) is 7.54. The molecule has 1 aromatic rings. The van der Waals surface area contributed by atoms with E-state index in [9.17, 15) is 4.79 Å². The summed E-state index contributed by atoms with van der Waals surface area (Å²) in [6.45, 7) is 0. The summed E-state index contributed by atoms with van der Waals surface area (Å²) in [4.78, 5) is 11.8. The molecule has 5 heteroatoms. The van der Waals surface area contributed by atoms with Crippen LogP contribution in [0.25, 0.3) is 0 Å². The summed E-state index contributed by atoms with van der Waals surface area (Å²) < 4.78 is 0. The molecule has 0 spiro atoms. The summed E-state index contributed by atoms with van der Waals surface area (Å²) in [6.07, 6.45) is 5.05. The Kier molecular flexibility index (Phi) is 4.78. The number of rotatable bonds is 4. The highest BCUT2D eigenvalue weighted by atomic mass is 35.5. The first-order valence-electron chi connectivity index (χ1n) is 6.11. The van der Waals surface area contributed by atoms with E-state index in [-0.39, 0.29) is 5.91 Å². The molecule has 18 heavy (non-hydrogen) atoms. The topological polar surface area (TPSA) is 55.1 Å². The number of nitrogen functional groups attached to an aromatic ring is 1. The van der Waals surface area contributed by atoms with Gasteiger partial charge in [0.15, 0.2) is 0 Å². The van der Waals surface area contributed by atoms with Gasteiger partial charge in [0, 0.05) is 10.3 Å². The second-order valence-corrected chi connectivity index (χ2v) is 6.22. The van der Waals surface area contributed by atoms with Gasteiger partial charge in [-0.1, -0.05) is 24.4 Å². The maximum Gasteiger partial charge on any atom is 0.234 e. The highest BCUT2D eigenvalue weighted by molar-refractivity contribution is 8.00. The van der Waals surface area contributed by atoms with Crippen LogP contribution in [0.15, 0.2) is 18.2 Å². The number of halogens is 1. The highest BCUT2D eigenvalue weighted by Crippen LogP contribution is 2.29. The van der Waals surface area contributed by atoms with Crippen molar-refractivity contribution in [1.29, 1.82) is 0 Å². The van der Waals surface area contributed by atoms with E-state index in [1.807, 2.05) is 0 Å². The number of hydrogen-bond acceptors (Lipinski definition) is 3. The van der Waals surface area contributed by atoms with Crippen molar-refractivity contribution in [1.82, 2.24) is 0 Å². The van der Waals surface area contributed by atoms with Crippen LogP contribution in [0, 0.1) is 0 Å². The third-order valence-corrected chi connectivity index (χ3v) is 4.65. The number of amides is 1. The fraction of sp³-hybridized carbons (Fsp3) is 0.462. The number of carbonyl (C=O) groups is 1. The first kappa shape index (κ1) is 13.6. The van der Waals surface area contributed by atoms with Crippen LogP contribution >= 0.6 is 23.4 Å². The Morgan fingerprint density at radius 2 is 2.17 bits per heavy atom. The Bertz CT molecular complexity index is 433. The molecular weight excluding hydrogens is 268 g/mol. The molecule has 1 fully saturated rings. The van der Waals surface area contributed by atoms with Gasteiger partial charge in [0.25, 0.3) is 0 Å². The molecule has 1 amide bonds. The molecule has 1 aromatic carbocycles. The van der Waals surface area contributed by atoms with E-state index in [2.05, 4.69) is 5.32 Å². The van der Waals surface area contributed by atoms with Crippen molar-refractivity contribution < 1.29 is 4.79 Å². The molecule has 0 bridgehead atoms. The zero-order chi connectivity index (χ0) is 13.0. The molecule has 0 radical (unpaired) electrons. The van der Waals surface area contributed by atoms with Gasteiger partial charge >= 0.3 is 0 Å². The van der Waals surface area contributed by atoms with Crippen molar-refractivity contribution in [2.75, 3.05) is 16.8 Å². The lowest BCUT2D eigenvalue weighted by atomic mass is 10.2. The number of carbonyl (C=O) groups excluding carboxylic acids is 1. The van der Waals surface area contributed by atoms with Crippen molar-refractivity contribution in [3.63, 3.8) is 0 Å². The predicted octanol–water partition coefficient (Wildman–Crippen LogP) is 3.54. The molecule has 0 heterocycles. The fourth-order valence-electron chi connectivity index (χ4n) is 2.07. The van der Waals surface area contributed by atoms with Gasteiger partial charge < -0.3 is 11.1 Å². The minimum Gasteiger partial charge on any atom is -0.397 e. The number of hydrogen-bond donors (Lipinski definition) is 2. The minimum absolute atomic E-state index is 0.0131. The molecule has 0 saturated heterocycles. The Hall–Kier alpha value is -0.870. The lowest BCUT2D eigenvalue weighted by Crippen LogP contribution is -2.16. The maximum absolute atomic E-state index is 11.8. The van der Waals surface area contributed by atoms with Crippen molar-refractivity contribution in [2.45, 2.75) is 30.9 Å². The smallest absolute Gasteiger partial charge is 0.234 e. The molecule has 0 aromatic heterocycles. The largest absolute Gasteiger partial charge is 0.397 e. The number of benzene rings is 1. The first-order chi connectivity index (χ1) is 8.65. The standard InChI is InChI=1S/C13H17ClN2OS/c14-9-5-6-11(15)12(7-9)16-13(17)8-18-10-3-1-2-4-10/h5-7,10H,1-4,8,15H2,(H,16,17). The third kappa shape index (κ3) is 3.82. The van der Waals surface area contributed by atoms with E-state index in [0.29, 0.717) is 27.4 Å². The van der Waals surface area contributed by atoms with Crippen LogP contribution in [0.3, 0.4) is 0 Å². The fourth-order valence-corrected chi connectivity index (χ4v) is 3.37. The van der Waals surface area contributed by atoms with Gasteiger partial charge in [-0.2, -0.15) is 0 Å². The van der Waals surface area contributed by atoms with E-state index >= 15 is 0 Å². The molecule has 98 valence electrons. The summed E-state index contributed by atoms with van der Waals surface area (Å²) in [5, 5.41) is 4.02. The zero-order valence-corrected chi connectivity index (χ0v) is 11.7. The molecule has 1 aliphatic carbocycles. The molecule has 2 rings (SSSR count). The van der Waals surface area contributed by atoms with Crippen LogP contribution in [0.5, 0.6) is 0 Å². The molecule has 0 atom stereocenters. The quantitative estimate of drug-likeness (QED) is 0.832. The molecule has 0 aliphatic heterocycles. The number of anilines is 2. The third-order valence-electron chi connectivity index (χ3n) is 3.04. The number of thioether (sulfide) groups is 1. The average molecular weight is 285 g/mol. The monoisotopic (exact) mass is 284 g/mol. The molecule has 3 nitrogen and oxygen atoms in total. The van der Waals surface area contributed by atoms with Crippen molar-refractivity contribution in [3.8, 4) is 0 Å². The minimum atomic E-state index is -0.0131. The normalized spacial score (nSPS) is 15.8. The van der Waals surface area contributed by atoms with E-state index in [0.717, 1.165) is 0 Å². The van der Waals surface area contributed by atoms with Gasteiger partial charge in [-0.25, -0.2) is 0 Å². The van der Waals surface area contributed by atoms with Crippen molar-refractivity contribution >= 4 is 40.6 Å². The van der Waals surface area contributed by atoms with Crippen LogP contribution in [0.4, 0.5) is 11.4 Å². The summed E-state index contributed by atoms with van der Waals surface area (Å²) in [6, 6.07) is 5.08. The van der Waals surface area contributed by atoms with Gasteiger partial charge in [-0.15, -0.1) is 11.8 Å². The maximum atomic E-state index is 11.8. The van der Waals surface area contributed by atoms with Crippen LogP contribution in [0.1, 0.15) is 25.7 Å². The lowest BCUT2D eigenvalue weighted by molar-refractivity contribution is -0.113. The lowest BCUT2D eigenvalue weighted by Gasteiger charge is -2.10. The van der Waals surface area contributed by atoms with E-state index in [4.69, 9.17) is 17.3 Å². The van der Waals surface area contributed by atoms with Gasteiger partial charge in [0.05, 0.1) is 17.1 Å². The molecule has 0 unspecified atom stereocenters. The number of nitrogens with one attached hydrogen (secondary N) is 1. The Morgan fingerprint density at radius 3 is 2.89 bits per heavy atom. The van der Waals surface area contributed by atoms with E-state index < -0.39 is 0 Å². The summed E-state index contributed by atoms with van der Waals surface area (Å²) in [5.74, 6) is 0.470. The zero-order valence-electron chi connectivity index (χ0n) is 10.1. The Labute approximate surface area is 116 Å². The summed E-state index contributed by atoms with van der Waals surface area (Å²) in [5.41, 5.74) is 6.91. The molecule has 3 N–H and O–H groups in total. The average Bonchev–Trinajstić information content (AvgIpc) is 2.84. The van der Waals surface area contributed by atoms with Crippen molar-refractivity contribution in [3.05, 3.63) is 23.2 Å². The van der Waals surface area contributed by atoms with Crippen LogP contribution in [-0.4, -0.2) is 16.9 Å². The van der Waals surface area contributed by atoms with E-state index in [1.165, 1.54) is 25.7 Å². The number of nitrogens with two attached hydrogens (primary N) is 1. The molecule has 1 aliphatic rings. The van der Waals surface area contributed by atoms with Gasteiger partial charge in [-0.05, 0) is 31.0 Å². The summed E-state index contributed by atoms with van der Waals surface area (Å²) >= 11 is 7.60. The van der Waals surface area contributed by atoms with Gasteiger partial charge in [-0.3, -0.25) is 4.79 Å². The van der Waals surface area contributed by atoms with Crippen LogP contribution < -0.4 is 11.1 Å². The van der Waals surface area contributed by atoms with Crippen LogP contribution in [0.2, 0.25) is 5.02 Å². The second kappa shape index (κ2) is 6.34. The highest BCUT2D eigenvalue weighted by Gasteiger charge is 2.16. The van der Waals surface area contributed by atoms with Crippen molar-refractivity contribution in [2.24, 2.45) is 0 Å². The Morgan fingerprint density at radius 1 is 1.44 bits per heavy atom.